The van der Waals surface area contributed by atoms with Crippen LogP contribution in [0.5, 0.6) is 0 Å². The van der Waals surface area contributed by atoms with Gasteiger partial charge >= 0.3 is 0 Å². The molecule has 0 aromatic carbocycles. The first-order chi connectivity index (χ1) is 11.3. The van der Waals surface area contributed by atoms with Gasteiger partial charge in [-0.1, -0.05) is 19.8 Å². The zero-order valence-corrected chi connectivity index (χ0v) is 15.9. The molecule has 0 saturated carbocycles. The molecule has 136 valence electrons. The second-order valence-electron chi connectivity index (χ2n) is 6.53. The number of nitrogens with one attached hydrogen (secondary N) is 1. The molecule has 0 spiro atoms. The highest BCUT2D eigenvalue weighted by atomic mass is 32.2. The molecule has 0 unspecified atom stereocenters. The Bertz CT molecular complexity index is 648. The highest BCUT2D eigenvalue weighted by molar-refractivity contribution is 7.86. The van der Waals surface area contributed by atoms with E-state index in [1.54, 1.807) is 18.4 Å². The maximum atomic E-state index is 12.5. The van der Waals surface area contributed by atoms with E-state index < -0.39 is 10.2 Å². The zero-order valence-electron chi connectivity index (χ0n) is 15.1. The van der Waals surface area contributed by atoms with Gasteiger partial charge in [0.15, 0.2) is 0 Å². The molecule has 8 heteroatoms. The molecule has 0 aliphatic carbocycles. The molecule has 1 N–H and O–H groups in total. The van der Waals surface area contributed by atoms with Crippen LogP contribution in [-0.2, 0) is 16.6 Å². The van der Waals surface area contributed by atoms with Gasteiger partial charge in [-0.3, -0.25) is 0 Å². The van der Waals surface area contributed by atoms with Crippen molar-refractivity contribution in [3.63, 3.8) is 0 Å². The number of hydrogen-bond donors (Lipinski definition) is 1. The summed E-state index contributed by atoms with van der Waals surface area (Å²) in [5, 5.41) is 3.48. The van der Waals surface area contributed by atoms with E-state index >= 15 is 0 Å². The van der Waals surface area contributed by atoms with Gasteiger partial charge in [0.05, 0.1) is 0 Å². The van der Waals surface area contributed by atoms with Gasteiger partial charge < -0.3 is 5.32 Å². The SMILES string of the molecule is CCCc1cnc(C)nc1N[C@H]1CCCCN(S(=O)(=O)N(C)C)C1. The normalized spacial score (nSPS) is 20.1. The molecule has 1 saturated heterocycles. The lowest BCUT2D eigenvalue weighted by atomic mass is 10.1. The van der Waals surface area contributed by atoms with Crippen molar-refractivity contribution in [3.05, 3.63) is 17.6 Å². The maximum absolute atomic E-state index is 12.5. The van der Waals surface area contributed by atoms with Crippen molar-refractivity contribution in [2.24, 2.45) is 0 Å². The fraction of sp³-hybridized carbons (Fsp3) is 0.750. The average molecular weight is 356 g/mol. The van der Waals surface area contributed by atoms with Gasteiger partial charge in [0.2, 0.25) is 0 Å². The average Bonchev–Trinajstić information content (AvgIpc) is 2.76. The molecule has 2 rings (SSSR count). The fourth-order valence-electron chi connectivity index (χ4n) is 2.93. The molecular formula is C16H29N5O2S. The molecule has 0 radical (unpaired) electrons. The van der Waals surface area contributed by atoms with Crippen molar-refractivity contribution < 1.29 is 8.42 Å². The summed E-state index contributed by atoms with van der Waals surface area (Å²) in [6.07, 6.45) is 6.63. The first-order valence-corrected chi connectivity index (χ1v) is 10.0. The second kappa shape index (κ2) is 8.22. The number of aryl methyl sites for hydroxylation is 2. The Hall–Kier alpha value is -1.25. The Kier molecular flexibility index (Phi) is 6.54. The monoisotopic (exact) mass is 355 g/mol. The van der Waals surface area contributed by atoms with Crippen molar-refractivity contribution in [1.29, 1.82) is 0 Å². The minimum Gasteiger partial charge on any atom is -0.366 e. The third-order valence-corrected chi connectivity index (χ3v) is 6.17. The summed E-state index contributed by atoms with van der Waals surface area (Å²) in [5.74, 6) is 1.57. The summed E-state index contributed by atoms with van der Waals surface area (Å²) in [6, 6.07) is 0.0622. The predicted octanol–water partition coefficient (Wildman–Crippen LogP) is 1.81. The third kappa shape index (κ3) is 4.64. The van der Waals surface area contributed by atoms with Crippen LogP contribution in [0.4, 0.5) is 5.82 Å². The van der Waals surface area contributed by atoms with E-state index in [9.17, 15) is 8.42 Å². The van der Waals surface area contributed by atoms with E-state index in [0.717, 1.165) is 49.3 Å². The van der Waals surface area contributed by atoms with Crippen LogP contribution in [0, 0.1) is 6.92 Å². The van der Waals surface area contributed by atoms with Gasteiger partial charge in [0, 0.05) is 45.0 Å². The summed E-state index contributed by atoms with van der Waals surface area (Å²) in [7, 11) is -0.225. The third-order valence-electron chi connectivity index (χ3n) is 4.27. The zero-order chi connectivity index (χ0) is 17.7. The van der Waals surface area contributed by atoms with E-state index in [1.165, 1.54) is 4.31 Å². The molecule has 0 amide bonds. The summed E-state index contributed by atoms with van der Waals surface area (Å²) < 4.78 is 27.8. The summed E-state index contributed by atoms with van der Waals surface area (Å²) >= 11 is 0. The van der Waals surface area contributed by atoms with Crippen LogP contribution in [-0.4, -0.2) is 60.2 Å². The van der Waals surface area contributed by atoms with Crippen molar-refractivity contribution in [1.82, 2.24) is 18.6 Å². The second-order valence-corrected chi connectivity index (χ2v) is 8.67. The first-order valence-electron chi connectivity index (χ1n) is 8.61. The molecule has 1 aromatic rings. The summed E-state index contributed by atoms with van der Waals surface area (Å²) in [4.78, 5) is 8.82. The molecule has 1 atom stereocenters. The van der Waals surface area contributed by atoms with Gasteiger partial charge in [-0.15, -0.1) is 0 Å². The van der Waals surface area contributed by atoms with Gasteiger partial charge in [-0.2, -0.15) is 17.0 Å². The minimum atomic E-state index is -3.38. The van der Waals surface area contributed by atoms with Crippen molar-refractivity contribution in [2.75, 3.05) is 32.5 Å². The minimum absolute atomic E-state index is 0.0622. The molecule has 7 nitrogen and oxygen atoms in total. The standard InChI is InChI=1S/C16H29N5O2S/c1-5-8-14-11-17-13(2)18-16(14)19-15-9-6-7-10-21(12-15)24(22,23)20(3)4/h11,15H,5-10,12H2,1-4H3,(H,17,18,19)/t15-/m0/s1. The van der Waals surface area contributed by atoms with Gasteiger partial charge in [-0.05, 0) is 26.2 Å². The van der Waals surface area contributed by atoms with E-state index in [4.69, 9.17) is 0 Å². The number of aromatic nitrogens is 2. The molecule has 1 aliphatic rings. The van der Waals surface area contributed by atoms with Crippen LogP contribution in [0.25, 0.3) is 0 Å². The van der Waals surface area contributed by atoms with Crippen LogP contribution in [0.1, 0.15) is 44.0 Å². The number of rotatable bonds is 6. The van der Waals surface area contributed by atoms with Crippen molar-refractivity contribution in [2.45, 2.75) is 52.0 Å². The highest BCUT2D eigenvalue weighted by Gasteiger charge is 2.29. The van der Waals surface area contributed by atoms with Crippen LogP contribution >= 0.6 is 0 Å². The quantitative estimate of drug-likeness (QED) is 0.842. The number of hydrogen-bond acceptors (Lipinski definition) is 5. The largest absolute Gasteiger partial charge is 0.366 e. The van der Waals surface area contributed by atoms with Crippen LogP contribution in [0.3, 0.4) is 0 Å². The van der Waals surface area contributed by atoms with E-state index in [2.05, 4.69) is 22.2 Å². The molecule has 0 bridgehead atoms. The van der Waals surface area contributed by atoms with Crippen LogP contribution in [0.2, 0.25) is 0 Å². The van der Waals surface area contributed by atoms with Crippen molar-refractivity contribution >= 4 is 16.0 Å². The van der Waals surface area contributed by atoms with E-state index in [0.29, 0.717) is 13.1 Å². The lowest BCUT2D eigenvalue weighted by Crippen LogP contribution is -2.44. The molecular weight excluding hydrogens is 326 g/mol. The topological polar surface area (TPSA) is 78.4 Å². The van der Waals surface area contributed by atoms with Crippen LogP contribution in [0.15, 0.2) is 6.20 Å². The Labute approximate surface area is 145 Å². The first kappa shape index (κ1) is 19.1. The highest BCUT2D eigenvalue weighted by Crippen LogP contribution is 2.21. The Balaban J connectivity index is 2.18. The lowest BCUT2D eigenvalue weighted by molar-refractivity contribution is 0.376. The summed E-state index contributed by atoms with van der Waals surface area (Å²) in [5.41, 5.74) is 1.09. The number of nitrogens with zero attached hydrogens (tertiary/aromatic N) is 4. The molecule has 1 fully saturated rings. The van der Waals surface area contributed by atoms with E-state index in [1.807, 2.05) is 13.1 Å². The van der Waals surface area contributed by atoms with Crippen molar-refractivity contribution in [3.8, 4) is 0 Å². The fourth-order valence-corrected chi connectivity index (χ4v) is 4.12. The Morgan fingerprint density at radius 2 is 2.12 bits per heavy atom. The van der Waals surface area contributed by atoms with Gasteiger partial charge in [0.25, 0.3) is 10.2 Å². The Morgan fingerprint density at radius 3 is 2.79 bits per heavy atom. The molecule has 1 aliphatic heterocycles. The number of anilines is 1. The smallest absolute Gasteiger partial charge is 0.281 e. The van der Waals surface area contributed by atoms with E-state index in [-0.39, 0.29) is 6.04 Å². The van der Waals surface area contributed by atoms with Crippen LogP contribution < -0.4 is 5.32 Å². The molecule has 24 heavy (non-hydrogen) atoms. The molecule has 1 aromatic heterocycles. The molecule has 2 heterocycles. The Morgan fingerprint density at radius 1 is 1.38 bits per heavy atom. The summed E-state index contributed by atoms with van der Waals surface area (Å²) in [6.45, 7) is 5.04. The van der Waals surface area contributed by atoms with Gasteiger partial charge in [-0.25, -0.2) is 9.97 Å². The lowest BCUT2D eigenvalue weighted by Gasteiger charge is -2.27. The maximum Gasteiger partial charge on any atom is 0.281 e. The van der Waals surface area contributed by atoms with Gasteiger partial charge in [0.1, 0.15) is 11.6 Å². The predicted molar refractivity (Wildman–Crippen MR) is 96.2 cm³/mol.